The summed E-state index contributed by atoms with van der Waals surface area (Å²) in [6.45, 7) is 1.93. The van der Waals surface area contributed by atoms with E-state index < -0.39 is 4.92 Å². The number of carbonyl (C=O) groups is 1. The lowest BCUT2D eigenvalue weighted by atomic mass is 10.0. The van der Waals surface area contributed by atoms with Crippen LogP contribution >= 0.6 is 0 Å². The summed E-state index contributed by atoms with van der Waals surface area (Å²) in [5.74, 6) is -0.145. The first kappa shape index (κ1) is 15.8. The van der Waals surface area contributed by atoms with Crippen LogP contribution in [0.3, 0.4) is 0 Å². The zero-order valence-corrected chi connectivity index (χ0v) is 13.9. The van der Waals surface area contributed by atoms with Crippen molar-refractivity contribution in [3.05, 3.63) is 81.7 Å². The molecule has 1 aliphatic heterocycles. The molecule has 6 heteroatoms. The number of H-pyrrole nitrogens is 1. The molecule has 26 heavy (non-hydrogen) atoms. The summed E-state index contributed by atoms with van der Waals surface area (Å²) in [5.41, 5.74) is 5.76. The second-order valence-corrected chi connectivity index (χ2v) is 6.14. The molecule has 0 atom stereocenters. The average Bonchev–Trinajstić information content (AvgIpc) is 3.15. The average molecular weight is 345 g/mol. The van der Waals surface area contributed by atoms with Crippen molar-refractivity contribution in [2.75, 3.05) is 5.32 Å². The van der Waals surface area contributed by atoms with Gasteiger partial charge in [0.1, 0.15) is 0 Å². The zero-order valence-electron chi connectivity index (χ0n) is 13.9. The van der Waals surface area contributed by atoms with Gasteiger partial charge in [0.25, 0.3) is 11.6 Å². The number of aromatic nitrogens is 1. The summed E-state index contributed by atoms with van der Waals surface area (Å²) < 4.78 is 0. The highest BCUT2D eigenvalue weighted by atomic mass is 16.6. The number of hydrogen-bond donors (Lipinski definition) is 2. The molecular weight excluding hydrogens is 330 g/mol. The van der Waals surface area contributed by atoms with E-state index in [-0.39, 0.29) is 11.6 Å². The summed E-state index contributed by atoms with van der Waals surface area (Å²) in [6, 6.07) is 15.9. The van der Waals surface area contributed by atoms with Crippen LogP contribution in [0.1, 0.15) is 17.0 Å². The molecule has 4 rings (SSSR count). The van der Waals surface area contributed by atoms with Crippen LogP contribution < -0.4 is 5.32 Å². The quantitative estimate of drug-likeness (QED) is 0.419. The number of non-ortho nitro benzene ring substituents is 1. The number of hydrogen-bond acceptors (Lipinski definition) is 3. The standard InChI is InChI=1S/C20H15N3O3/c1-12-10-16(13-6-8-14(9-7-13)23(25)26)19(21-12)11-17-15-4-2-3-5-18(15)22-20(17)24/h2-11,21H,1H3,(H,22,24)/b17-11+. The Balaban J connectivity index is 1.80. The molecule has 0 radical (unpaired) electrons. The van der Waals surface area contributed by atoms with Gasteiger partial charge in [0.05, 0.1) is 10.5 Å². The van der Waals surface area contributed by atoms with Crippen LogP contribution in [0.2, 0.25) is 0 Å². The van der Waals surface area contributed by atoms with Crippen molar-refractivity contribution in [1.82, 2.24) is 4.98 Å². The van der Waals surface area contributed by atoms with Gasteiger partial charge in [-0.1, -0.05) is 18.2 Å². The third-order valence-corrected chi connectivity index (χ3v) is 4.37. The predicted octanol–water partition coefficient (Wildman–Crippen LogP) is 4.39. The number of aryl methyl sites for hydroxylation is 1. The molecule has 0 spiro atoms. The molecule has 6 nitrogen and oxygen atoms in total. The number of anilines is 1. The fourth-order valence-corrected chi connectivity index (χ4v) is 3.15. The number of benzene rings is 2. The van der Waals surface area contributed by atoms with Crippen LogP contribution in [0.15, 0.2) is 54.6 Å². The largest absolute Gasteiger partial charge is 0.359 e. The van der Waals surface area contributed by atoms with Crippen LogP contribution in [-0.4, -0.2) is 15.8 Å². The smallest absolute Gasteiger partial charge is 0.269 e. The van der Waals surface area contributed by atoms with Crippen LogP contribution in [0.25, 0.3) is 22.8 Å². The van der Waals surface area contributed by atoms with Crippen LogP contribution in [0.4, 0.5) is 11.4 Å². The number of carbonyl (C=O) groups excluding carboxylic acids is 1. The molecule has 0 bridgehead atoms. The number of para-hydroxylation sites is 1. The maximum atomic E-state index is 12.3. The summed E-state index contributed by atoms with van der Waals surface area (Å²) in [4.78, 5) is 26.0. The van der Waals surface area contributed by atoms with Gasteiger partial charge in [0.15, 0.2) is 0 Å². The van der Waals surface area contributed by atoms with E-state index in [1.54, 1.807) is 12.1 Å². The van der Waals surface area contributed by atoms with Crippen molar-refractivity contribution in [3.63, 3.8) is 0 Å². The Labute approximate surface area is 149 Å². The molecule has 0 aliphatic carbocycles. The lowest BCUT2D eigenvalue weighted by Crippen LogP contribution is -2.03. The first-order chi connectivity index (χ1) is 12.5. The van der Waals surface area contributed by atoms with Crippen molar-refractivity contribution < 1.29 is 9.72 Å². The van der Waals surface area contributed by atoms with Crippen molar-refractivity contribution in [3.8, 4) is 11.1 Å². The Morgan fingerprint density at radius 3 is 2.50 bits per heavy atom. The number of nitrogens with zero attached hydrogens (tertiary/aromatic N) is 1. The highest BCUT2D eigenvalue weighted by Crippen LogP contribution is 2.35. The monoisotopic (exact) mass is 345 g/mol. The van der Waals surface area contributed by atoms with Crippen molar-refractivity contribution in [2.24, 2.45) is 0 Å². The van der Waals surface area contributed by atoms with Gasteiger partial charge in [0.2, 0.25) is 0 Å². The molecule has 3 aromatic rings. The molecule has 128 valence electrons. The third-order valence-electron chi connectivity index (χ3n) is 4.37. The molecule has 0 fully saturated rings. The molecule has 0 unspecified atom stereocenters. The lowest BCUT2D eigenvalue weighted by molar-refractivity contribution is -0.384. The maximum absolute atomic E-state index is 12.3. The molecule has 1 amide bonds. The Morgan fingerprint density at radius 1 is 1.04 bits per heavy atom. The van der Waals surface area contributed by atoms with Gasteiger partial charge in [-0.2, -0.15) is 0 Å². The molecule has 2 heterocycles. The number of nitro groups is 1. The molecule has 1 aliphatic rings. The number of nitro benzene ring substituents is 1. The van der Waals surface area contributed by atoms with Crippen LogP contribution in [-0.2, 0) is 4.79 Å². The van der Waals surface area contributed by atoms with Gasteiger partial charge in [0, 0.05) is 40.3 Å². The number of amides is 1. The van der Waals surface area contributed by atoms with E-state index in [0.717, 1.165) is 33.8 Å². The van der Waals surface area contributed by atoms with Gasteiger partial charge < -0.3 is 10.3 Å². The van der Waals surface area contributed by atoms with Crippen molar-refractivity contribution >= 4 is 28.9 Å². The minimum atomic E-state index is -0.422. The summed E-state index contributed by atoms with van der Waals surface area (Å²) >= 11 is 0. The van der Waals surface area contributed by atoms with Crippen LogP contribution in [0.5, 0.6) is 0 Å². The van der Waals surface area contributed by atoms with E-state index in [1.807, 2.05) is 43.3 Å². The second kappa shape index (κ2) is 6.00. The van der Waals surface area contributed by atoms with Gasteiger partial charge in [-0.3, -0.25) is 14.9 Å². The number of aromatic amines is 1. The summed E-state index contributed by atoms with van der Waals surface area (Å²) in [6.07, 6.45) is 1.82. The molecule has 0 saturated heterocycles. The van der Waals surface area contributed by atoms with Crippen LogP contribution in [0, 0.1) is 17.0 Å². The first-order valence-corrected chi connectivity index (χ1v) is 8.10. The Morgan fingerprint density at radius 2 is 1.77 bits per heavy atom. The molecular formula is C20H15N3O3. The second-order valence-electron chi connectivity index (χ2n) is 6.14. The van der Waals surface area contributed by atoms with E-state index in [9.17, 15) is 14.9 Å². The summed E-state index contributed by atoms with van der Waals surface area (Å²) in [7, 11) is 0. The Kier molecular flexibility index (Phi) is 3.65. The van der Waals surface area contributed by atoms with E-state index in [1.165, 1.54) is 12.1 Å². The highest BCUT2D eigenvalue weighted by Gasteiger charge is 2.24. The SMILES string of the molecule is Cc1cc(-c2ccc([N+](=O)[O-])cc2)c(/C=C2/C(=O)Nc3ccccc32)[nH]1. The molecule has 2 N–H and O–H groups in total. The normalized spacial score (nSPS) is 14.3. The maximum Gasteiger partial charge on any atom is 0.269 e. The third kappa shape index (κ3) is 2.67. The van der Waals surface area contributed by atoms with Crippen molar-refractivity contribution in [2.45, 2.75) is 6.92 Å². The topological polar surface area (TPSA) is 88.0 Å². The van der Waals surface area contributed by atoms with E-state index in [0.29, 0.717) is 5.57 Å². The first-order valence-electron chi connectivity index (χ1n) is 8.10. The van der Waals surface area contributed by atoms with Gasteiger partial charge in [-0.05, 0) is 42.8 Å². The zero-order chi connectivity index (χ0) is 18.3. The highest BCUT2D eigenvalue weighted by molar-refractivity contribution is 6.35. The Hall–Kier alpha value is -3.67. The van der Waals surface area contributed by atoms with Gasteiger partial charge >= 0.3 is 0 Å². The number of rotatable bonds is 3. The van der Waals surface area contributed by atoms with E-state index in [4.69, 9.17) is 0 Å². The van der Waals surface area contributed by atoms with E-state index >= 15 is 0 Å². The fourth-order valence-electron chi connectivity index (χ4n) is 3.15. The number of fused-ring (bicyclic) bond motifs is 1. The minimum Gasteiger partial charge on any atom is -0.359 e. The fraction of sp³-hybridized carbons (Fsp3) is 0.0500. The van der Waals surface area contributed by atoms with Gasteiger partial charge in [-0.25, -0.2) is 0 Å². The minimum absolute atomic E-state index is 0.0463. The Bertz CT molecular complexity index is 1060. The molecule has 2 aromatic carbocycles. The van der Waals surface area contributed by atoms with Crippen molar-refractivity contribution in [1.29, 1.82) is 0 Å². The van der Waals surface area contributed by atoms with Gasteiger partial charge in [-0.15, -0.1) is 0 Å². The molecule has 0 saturated carbocycles. The lowest BCUT2D eigenvalue weighted by Gasteiger charge is -2.02. The number of nitrogens with one attached hydrogen (secondary N) is 2. The summed E-state index contributed by atoms with van der Waals surface area (Å²) in [5, 5.41) is 13.7. The predicted molar refractivity (Wildman–Crippen MR) is 101 cm³/mol. The van der Waals surface area contributed by atoms with E-state index in [2.05, 4.69) is 10.3 Å². The molecule has 1 aromatic heterocycles.